The third-order valence-electron chi connectivity index (χ3n) is 1.91. The number of carbonyl (C=O) groups excluding carboxylic acids is 1. The van der Waals surface area contributed by atoms with Crippen molar-refractivity contribution in [3.63, 3.8) is 0 Å². The fraction of sp³-hybridized carbons (Fsp3) is 0.444. The molecule has 0 aromatic carbocycles. The van der Waals surface area contributed by atoms with Crippen LogP contribution in [0.3, 0.4) is 0 Å². The standard InChI is InChI=1S/C9H14N2OS2/c1-4-5(12)7-6(10)8(13-3)9(11-2)14-7/h11H,4,10H2,1-3H3. The minimum absolute atomic E-state index is 0.115. The first-order valence-electron chi connectivity index (χ1n) is 4.32. The zero-order chi connectivity index (χ0) is 10.7. The quantitative estimate of drug-likeness (QED) is 0.617. The smallest absolute Gasteiger partial charge is 0.174 e. The first-order chi connectivity index (χ1) is 6.65. The van der Waals surface area contributed by atoms with Crippen LogP contribution in [0, 0.1) is 0 Å². The molecule has 0 spiro atoms. The molecule has 0 aliphatic rings. The van der Waals surface area contributed by atoms with Crippen molar-refractivity contribution in [2.45, 2.75) is 18.2 Å². The first kappa shape index (κ1) is 11.4. The van der Waals surface area contributed by atoms with Gasteiger partial charge < -0.3 is 11.1 Å². The van der Waals surface area contributed by atoms with E-state index in [-0.39, 0.29) is 5.78 Å². The average molecular weight is 230 g/mol. The van der Waals surface area contributed by atoms with Crippen molar-refractivity contribution in [2.24, 2.45) is 0 Å². The molecule has 14 heavy (non-hydrogen) atoms. The van der Waals surface area contributed by atoms with Crippen molar-refractivity contribution in [3.05, 3.63) is 4.88 Å². The van der Waals surface area contributed by atoms with Gasteiger partial charge in [-0.25, -0.2) is 0 Å². The number of nitrogen functional groups attached to an aromatic ring is 1. The number of thioether (sulfide) groups is 1. The maximum absolute atomic E-state index is 11.5. The van der Waals surface area contributed by atoms with Gasteiger partial charge in [0.2, 0.25) is 0 Å². The lowest BCUT2D eigenvalue weighted by atomic mass is 10.2. The molecule has 1 rings (SSSR count). The van der Waals surface area contributed by atoms with Gasteiger partial charge in [0.25, 0.3) is 0 Å². The third kappa shape index (κ3) is 1.88. The number of thiophene rings is 1. The van der Waals surface area contributed by atoms with Crippen LogP contribution < -0.4 is 11.1 Å². The Balaban J connectivity index is 3.20. The van der Waals surface area contributed by atoms with Crippen LogP contribution in [0.25, 0.3) is 0 Å². The van der Waals surface area contributed by atoms with E-state index in [1.165, 1.54) is 11.3 Å². The van der Waals surface area contributed by atoms with Crippen LogP contribution in [0.5, 0.6) is 0 Å². The number of rotatable bonds is 4. The minimum Gasteiger partial charge on any atom is -0.396 e. The van der Waals surface area contributed by atoms with Gasteiger partial charge >= 0.3 is 0 Å². The Hall–Kier alpha value is -0.680. The number of carbonyl (C=O) groups is 1. The van der Waals surface area contributed by atoms with E-state index in [9.17, 15) is 4.79 Å². The lowest BCUT2D eigenvalue weighted by Crippen LogP contribution is -1.98. The minimum atomic E-state index is 0.115. The van der Waals surface area contributed by atoms with Gasteiger partial charge in [0.1, 0.15) is 5.00 Å². The SMILES string of the molecule is CCC(=O)c1sc(NC)c(SC)c1N. The lowest BCUT2D eigenvalue weighted by Gasteiger charge is -1.99. The molecule has 0 aliphatic carbocycles. The number of hydrogen-bond donors (Lipinski definition) is 2. The van der Waals surface area contributed by atoms with Crippen molar-refractivity contribution in [3.8, 4) is 0 Å². The zero-order valence-corrected chi connectivity index (χ0v) is 10.1. The highest BCUT2D eigenvalue weighted by Crippen LogP contribution is 2.41. The normalized spacial score (nSPS) is 10.2. The van der Waals surface area contributed by atoms with Gasteiger partial charge in [0.15, 0.2) is 5.78 Å². The molecule has 1 aromatic rings. The molecule has 1 aromatic heterocycles. The Morgan fingerprint density at radius 1 is 1.64 bits per heavy atom. The second-order valence-electron chi connectivity index (χ2n) is 2.73. The van der Waals surface area contributed by atoms with Crippen molar-refractivity contribution < 1.29 is 4.79 Å². The second kappa shape index (κ2) is 4.70. The molecule has 3 nitrogen and oxygen atoms in total. The van der Waals surface area contributed by atoms with Crippen molar-refractivity contribution in [1.82, 2.24) is 0 Å². The molecule has 0 bridgehead atoms. The fourth-order valence-corrected chi connectivity index (χ4v) is 3.19. The van der Waals surface area contributed by atoms with Gasteiger partial charge in [0.05, 0.1) is 15.5 Å². The van der Waals surface area contributed by atoms with Crippen LogP contribution in [-0.2, 0) is 0 Å². The molecule has 1 heterocycles. The van der Waals surface area contributed by atoms with E-state index in [0.717, 1.165) is 9.90 Å². The Kier molecular flexibility index (Phi) is 3.83. The van der Waals surface area contributed by atoms with Crippen LogP contribution >= 0.6 is 23.1 Å². The van der Waals surface area contributed by atoms with Crippen LogP contribution in [0.15, 0.2) is 4.90 Å². The molecular weight excluding hydrogens is 216 g/mol. The highest BCUT2D eigenvalue weighted by Gasteiger charge is 2.18. The second-order valence-corrected chi connectivity index (χ2v) is 4.57. The molecule has 0 fully saturated rings. The number of anilines is 2. The number of hydrogen-bond acceptors (Lipinski definition) is 5. The Bertz CT molecular complexity index is 347. The van der Waals surface area contributed by atoms with E-state index in [4.69, 9.17) is 5.73 Å². The van der Waals surface area contributed by atoms with Crippen molar-refractivity contribution in [1.29, 1.82) is 0 Å². The van der Waals surface area contributed by atoms with Crippen LogP contribution in [-0.4, -0.2) is 19.1 Å². The van der Waals surface area contributed by atoms with E-state index < -0.39 is 0 Å². The maximum atomic E-state index is 11.5. The average Bonchev–Trinajstić information content (AvgIpc) is 2.53. The first-order valence-corrected chi connectivity index (χ1v) is 6.37. The highest BCUT2D eigenvalue weighted by molar-refractivity contribution is 7.99. The molecule has 0 aliphatic heterocycles. The molecule has 0 radical (unpaired) electrons. The summed E-state index contributed by atoms with van der Waals surface area (Å²) in [5.41, 5.74) is 6.52. The molecule has 0 saturated heterocycles. The molecule has 0 amide bonds. The summed E-state index contributed by atoms with van der Waals surface area (Å²) < 4.78 is 0. The van der Waals surface area contributed by atoms with Crippen LogP contribution in [0.4, 0.5) is 10.7 Å². The monoisotopic (exact) mass is 230 g/mol. The summed E-state index contributed by atoms with van der Waals surface area (Å²) in [5.74, 6) is 0.115. The Morgan fingerprint density at radius 3 is 2.64 bits per heavy atom. The van der Waals surface area contributed by atoms with Gasteiger partial charge in [-0.1, -0.05) is 6.92 Å². The number of nitrogens with two attached hydrogens (primary N) is 1. The van der Waals surface area contributed by atoms with E-state index in [1.54, 1.807) is 11.8 Å². The predicted octanol–water partition coefficient (Wildman–Crippen LogP) is 2.69. The topological polar surface area (TPSA) is 55.1 Å². The van der Waals surface area contributed by atoms with Crippen molar-refractivity contribution >= 4 is 39.6 Å². The summed E-state index contributed by atoms with van der Waals surface area (Å²) in [7, 11) is 1.84. The maximum Gasteiger partial charge on any atom is 0.174 e. The molecular formula is C9H14N2OS2. The van der Waals surface area contributed by atoms with Crippen molar-refractivity contribution in [2.75, 3.05) is 24.4 Å². The highest BCUT2D eigenvalue weighted by atomic mass is 32.2. The summed E-state index contributed by atoms with van der Waals surface area (Å²) >= 11 is 3.00. The van der Waals surface area contributed by atoms with E-state index >= 15 is 0 Å². The summed E-state index contributed by atoms with van der Waals surface area (Å²) in [6.07, 6.45) is 2.46. The molecule has 5 heteroatoms. The Morgan fingerprint density at radius 2 is 2.29 bits per heavy atom. The van der Waals surface area contributed by atoms with Crippen LogP contribution in [0.2, 0.25) is 0 Å². The molecule has 0 unspecified atom stereocenters. The number of nitrogens with one attached hydrogen (secondary N) is 1. The predicted molar refractivity (Wildman–Crippen MR) is 64.7 cm³/mol. The van der Waals surface area contributed by atoms with Gasteiger partial charge in [-0.15, -0.1) is 23.1 Å². The van der Waals surface area contributed by atoms with Gasteiger partial charge in [-0.2, -0.15) is 0 Å². The fourth-order valence-electron chi connectivity index (χ4n) is 1.16. The Labute approximate surface area is 92.1 Å². The molecule has 0 atom stereocenters. The van der Waals surface area contributed by atoms with E-state index in [0.29, 0.717) is 17.0 Å². The largest absolute Gasteiger partial charge is 0.396 e. The summed E-state index contributed by atoms with van der Waals surface area (Å²) in [4.78, 5) is 13.2. The van der Waals surface area contributed by atoms with Gasteiger partial charge in [-0.05, 0) is 6.26 Å². The summed E-state index contributed by atoms with van der Waals surface area (Å²) in [5, 5.41) is 4.03. The lowest BCUT2D eigenvalue weighted by molar-refractivity contribution is 0.0992. The summed E-state index contributed by atoms with van der Waals surface area (Å²) in [6, 6.07) is 0. The van der Waals surface area contributed by atoms with E-state index in [1.807, 2.05) is 20.2 Å². The van der Waals surface area contributed by atoms with Gasteiger partial charge in [-0.3, -0.25) is 4.79 Å². The molecule has 0 saturated carbocycles. The van der Waals surface area contributed by atoms with E-state index in [2.05, 4.69) is 5.32 Å². The number of ketones is 1. The molecule has 78 valence electrons. The molecule has 3 N–H and O–H groups in total. The third-order valence-corrected chi connectivity index (χ3v) is 4.13. The van der Waals surface area contributed by atoms with Crippen LogP contribution in [0.1, 0.15) is 23.0 Å². The summed E-state index contributed by atoms with van der Waals surface area (Å²) in [6.45, 7) is 1.85. The number of Topliss-reactive ketones (excluding diaryl/α,β-unsaturated/α-hetero) is 1. The zero-order valence-electron chi connectivity index (χ0n) is 8.51. The van der Waals surface area contributed by atoms with Gasteiger partial charge in [0, 0.05) is 13.5 Å².